The van der Waals surface area contributed by atoms with Crippen molar-refractivity contribution >= 4 is 33.2 Å². The number of Topliss-reactive ketones (excluding diaryl/α,β-unsaturated/α-hetero) is 1. The van der Waals surface area contributed by atoms with Crippen LogP contribution < -0.4 is 10.1 Å². The van der Waals surface area contributed by atoms with Gasteiger partial charge < -0.3 is 15.0 Å². The number of hydrogen-bond donors (Lipinski definition) is 1. The minimum absolute atomic E-state index is 0.250. The number of ether oxygens (including phenoxy) is 1. The third kappa shape index (κ3) is 6.56. The summed E-state index contributed by atoms with van der Waals surface area (Å²) < 4.78 is 8.34. The SMILES string of the molecule is CCCC(CCCC(=O)c1ccccc1)N1CCC(Nc2cc(-c3ccccc3OC)nc3c(Br)cnn23)CC1. The zero-order chi connectivity index (χ0) is 27.9. The summed E-state index contributed by atoms with van der Waals surface area (Å²) >= 11 is 3.62. The van der Waals surface area contributed by atoms with E-state index in [2.05, 4.69) is 44.2 Å². The first kappa shape index (κ1) is 28.3. The molecule has 1 aliphatic rings. The smallest absolute Gasteiger partial charge is 0.172 e. The number of aromatic nitrogens is 3. The highest BCUT2D eigenvalue weighted by molar-refractivity contribution is 9.10. The van der Waals surface area contributed by atoms with Gasteiger partial charge in [-0.15, -0.1) is 0 Å². The highest BCUT2D eigenvalue weighted by Gasteiger charge is 2.26. The Labute approximate surface area is 245 Å². The van der Waals surface area contributed by atoms with Crippen LogP contribution in [0.5, 0.6) is 5.75 Å². The summed E-state index contributed by atoms with van der Waals surface area (Å²) in [5, 5.41) is 8.35. The third-order valence-corrected chi connectivity index (χ3v) is 8.43. The third-order valence-electron chi connectivity index (χ3n) is 7.87. The number of fused-ring (bicyclic) bond motifs is 1. The van der Waals surface area contributed by atoms with Crippen molar-refractivity contribution in [3.63, 3.8) is 0 Å². The number of carbonyl (C=O) groups is 1. The van der Waals surface area contributed by atoms with Gasteiger partial charge in [0.05, 0.1) is 23.5 Å². The average Bonchev–Trinajstić information content (AvgIpc) is 3.38. The number of para-hydroxylation sites is 1. The van der Waals surface area contributed by atoms with Gasteiger partial charge in [0.2, 0.25) is 0 Å². The molecule has 0 radical (unpaired) electrons. The molecule has 5 rings (SSSR count). The van der Waals surface area contributed by atoms with E-state index in [1.54, 1.807) is 13.3 Å². The topological polar surface area (TPSA) is 71.8 Å². The molecule has 4 aromatic rings. The van der Waals surface area contributed by atoms with Crippen molar-refractivity contribution in [1.29, 1.82) is 0 Å². The number of carbonyl (C=O) groups excluding carboxylic acids is 1. The van der Waals surface area contributed by atoms with Crippen LogP contribution in [0.15, 0.2) is 71.3 Å². The summed E-state index contributed by atoms with van der Waals surface area (Å²) in [6.45, 7) is 4.35. The number of halogens is 1. The van der Waals surface area contributed by atoms with E-state index in [1.165, 1.54) is 6.42 Å². The van der Waals surface area contributed by atoms with Crippen LogP contribution in [0, 0.1) is 0 Å². The summed E-state index contributed by atoms with van der Waals surface area (Å²) in [5.74, 6) is 1.97. The van der Waals surface area contributed by atoms with Crippen molar-refractivity contribution < 1.29 is 9.53 Å². The molecular weight excluding hydrogens is 566 g/mol. The molecule has 3 heterocycles. The second-order valence-electron chi connectivity index (χ2n) is 10.5. The van der Waals surface area contributed by atoms with Crippen LogP contribution in [-0.4, -0.2) is 57.6 Å². The van der Waals surface area contributed by atoms with Crippen LogP contribution in [0.2, 0.25) is 0 Å². The van der Waals surface area contributed by atoms with Gasteiger partial charge in [0.15, 0.2) is 11.4 Å². The van der Waals surface area contributed by atoms with E-state index in [-0.39, 0.29) is 5.78 Å². The van der Waals surface area contributed by atoms with E-state index in [9.17, 15) is 4.79 Å². The predicted molar refractivity (Wildman–Crippen MR) is 164 cm³/mol. The first-order chi connectivity index (χ1) is 19.6. The maximum atomic E-state index is 12.6. The fourth-order valence-corrected chi connectivity index (χ4v) is 6.11. The van der Waals surface area contributed by atoms with Crippen molar-refractivity contribution in [1.82, 2.24) is 19.5 Å². The number of methoxy groups -OCH3 is 1. The monoisotopic (exact) mass is 603 g/mol. The van der Waals surface area contributed by atoms with Crippen LogP contribution in [0.3, 0.4) is 0 Å². The molecule has 7 nitrogen and oxygen atoms in total. The van der Waals surface area contributed by atoms with Gasteiger partial charge in [-0.3, -0.25) is 4.79 Å². The minimum Gasteiger partial charge on any atom is -0.496 e. The Morgan fingerprint density at radius 1 is 1.10 bits per heavy atom. The van der Waals surface area contributed by atoms with Gasteiger partial charge in [-0.05, 0) is 60.2 Å². The normalized spacial score (nSPS) is 15.3. The van der Waals surface area contributed by atoms with Crippen molar-refractivity contribution in [2.24, 2.45) is 0 Å². The number of benzene rings is 2. The van der Waals surface area contributed by atoms with E-state index in [1.807, 2.05) is 59.1 Å². The Morgan fingerprint density at radius 3 is 2.60 bits per heavy atom. The summed E-state index contributed by atoms with van der Waals surface area (Å²) in [6.07, 6.45) is 8.86. The van der Waals surface area contributed by atoms with Crippen LogP contribution in [0.4, 0.5) is 5.82 Å². The van der Waals surface area contributed by atoms with Gasteiger partial charge in [-0.25, -0.2) is 4.98 Å². The number of rotatable bonds is 12. The maximum absolute atomic E-state index is 12.6. The highest BCUT2D eigenvalue weighted by atomic mass is 79.9. The van der Waals surface area contributed by atoms with E-state index < -0.39 is 0 Å². The van der Waals surface area contributed by atoms with Crippen molar-refractivity contribution in [2.45, 2.75) is 64.0 Å². The Kier molecular flexibility index (Phi) is 9.49. The number of nitrogens with one attached hydrogen (secondary N) is 1. The van der Waals surface area contributed by atoms with Gasteiger partial charge in [-0.1, -0.05) is 55.8 Å². The Hall–Kier alpha value is -3.23. The van der Waals surface area contributed by atoms with Gasteiger partial charge in [0.1, 0.15) is 11.6 Å². The Balaban J connectivity index is 1.23. The van der Waals surface area contributed by atoms with E-state index in [0.29, 0.717) is 18.5 Å². The molecule has 1 atom stereocenters. The van der Waals surface area contributed by atoms with Gasteiger partial charge >= 0.3 is 0 Å². The highest BCUT2D eigenvalue weighted by Crippen LogP contribution is 2.32. The summed E-state index contributed by atoms with van der Waals surface area (Å²) in [6, 6.07) is 20.6. The zero-order valence-corrected chi connectivity index (χ0v) is 24.9. The number of nitrogens with zero attached hydrogens (tertiary/aromatic N) is 4. The summed E-state index contributed by atoms with van der Waals surface area (Å²) in [7, 11) is 1.69. The minimum atomic E-state index is 0.250. The fourth-order valence-electron chi connectivity index (χ4n) is 5.76. The maximum Gasteiger partial charge on any atom is 0.172 e. The molecule has 0 saturated carbocycles. The zero-order valence-electron chi connectivity index (χ0n) is 23.4. The molecular formula is C32H38BrN5O2. The fraction of sp³-hybridized carbons (Fsp3) is 0.406. The lowest BCUT2D eigenvalue weighted by Gasteiger charge is -2.38. The second kappa shape index (κ2) is 13.4. The molecule has 210 valence electrons. The molecule has 8 heteroatoms. The van der Waals surface area contributed by atoms with Crippen molar-refractivity contribution in [2.75, 3.05) is 25.5 Å². The first-order valence-electron chi connectivity index (χ1n) is 14.3. The van der Waals surface area contributed by atoms with Crippen molar-refractivity contribution in [3.8, 4) is 17.0 Å². The largest absolute Gasteiger partial charge is 0.496 e. The number of anilines is 1. The lowest BCUT2D eigenvalue weighted by atomic mass is 9.96. The molecule has 1 unspecified atom stereocenters. The molecule has 1 fully saturated rings. The molecule has 0 spiro atoms. The predicted octanol–water partition coefficient (Wildman–Crippen LogP) is 7.27. The molecule has 40 heavy (non-hydrogen) atoms. The number of hydrogen-bond acceptors (Lipinski definition) is 6. The summed E-state index contributed by atoms with van der Waals surface area (Å²) in [5.41, 5.74) is 3.40. The first-order valence-corrected chi connectivity index (χ1v) is 15.1. The molecule has 0 amide bonds. The number of piperidine rings is 1. The average molecular weight is 605 g/mol. The van der Waals surface area contributed by atoms with Crippen LogP contribution >= 0.6 is 15.9 Å². The molecule has 2 aromatic carbocycles. The van der Waals surface area contributed by atoms with E-state index >= 15 is 0 Å². The Morgan fingerprint density at radius 2 is 1.85 bits per heavy atom. The number of ketones is 1. The summed E-state index contributed by atoms with van der Waals surface area (Å²) in [4.78, 5) is 20.1. The van der Waals surface area contributed by atoms with Crippen LogP contribution in [-0.2, 0) is 0 Å². The molecule has 1 N–H and O–H groups in total. The van der Waals surface area contributed by atoms with Crippen molar-refractivity contribution in [3.05, 3.63) is 76.9 Å². The van der Waals surface area contributed by atoms with Crippen LogP contribution in [0.1, 0.15) is 62.2 Å². The lowest BCUT2D eigenvalue weighted by Crippen LogP contribution is -2.44. The van der Waals surface area contributed by atoms with Crippen LogP contribution in [0.25, 0.3) is 16.9 Å². The van der Waals surface area contributed by atoms with E-state index in [4.69, 9.17) is 9.72 Å². The van der Waals surface area contributed by atoms with Gasteiger partial charge in [-0.2, -0.15) is 9.61 Å². The van der Waals surface area contributed by atoms with Gasteiger partial charge in [0.25, 0.3) is 0 Å². The molecule has 2 aromatic heterocycles. The second-order valence-corrected chi connectivity index (χ2v) is 11.4. The number of likely N-dealkylation sites (tertiary alicyclic amines) is 1. The standard InChI is InChI=1S/C32H38BrN5O2/c1-3-10-25(13-9-15-29(39)23-11-5-4-6-12-23)37-19-17-24(18-20-37)35-31-21-28(26-14-7-8-16-30(26)40-2)36-32-27(33)22-34-38(31)32/h4-8,11-12,14,16,21-22,24-25,35H,3,9-10,13,15,17-20H2,1-2H3. The molecule has 1 aliphatic heterocycles. The quantitative estimate of drug-likeness (QED) is 0.172. The lowest BCUT2D eigenvalue weighted by molar-refractivity contribution is 0.0967. The van der Waals surface area contributed by atoms with Gasteiger partial charge in [0, 0.05) is 48.8 Å². The molecule has 0 bridgehead atoms. The molecule has 0 aliphatic carbocycles. The van der Waals surface area contributed by atoms with E-state index in [0.717, 1.165) is 83.7 Å². The Bertz CT molecular complexity index is 1420. The molecule has 1 saturated heterocycles.